The minimum Gasteiger partial charge on any atom is -0.338 e. The van der Waals surface area contributed by atoms with E-state index >= 15 is 0 Å². The summed E-state index contributed by atoms with van der Waals surface area (Å²) in [6, 6.07) is 8.11. The Labute approximate surface area is 147 Å². The predicted molar refractivity (Wildman–Crippen MR) is 93.8 cm³/mol. The standard InChI is InChI=1S/C16H17BrN4OS/c1-16(2,3)14-19-13(22-20-14)10-23-15-18-8-9-21(15)12-6-4-11(17)5-7-12/h4-9H,10H2,1-3H3. The maximum absolute atomic E-state index is 5.33. The van der Waals surface area contributed by atoms with Gasteiger partial charge in [0.1, 0.15) is 0 Å². The zero-order chi connectivity index (χ0) is 16.4. The fourth-order valence-corrected chi connectivity index (χ4v) is 3.01. The lowest BCUT2D eigenvalue weighted by molar-refractivity contribution is 0.372. The summed E-state index contributed by atoms with van der Waals surface area (Å²) in [5.41, 5.74) is 0.955. The molecule has 2 heterocycles. The van der Waals surface area contributed by atoms with Gasteiger partial charge in [-0.2, -0.15) is 4.98 Å². The summed E-state index contributed by atoms with van der Waals surface area (Å²) >= 11 is 5.02. The molecule has 0 atom stereocenters. The van der Waals surface area contributed by atoms with E-state index in [-0.39, 0.29) is 5.41 Å². The molecule has 0 spiro atoms. The van der Waals surface area contributed by atoms with Gasteiger partial charge in [-0.05, 0) is 24.3 Å². The van der Waals surface area contributed by atoms with E-state index in [1.165, 1.54) is 0 Å². The van der Waals surface area contributed by atoms with Crippen LogP contribution in [0.25, 0.3) is 5.69 Å². The van der Waals surface area contributed by atoms with Crippen molar-refractivity contribution >= 4 is 27.7 Å². The molecule has 0 amide bonds. The third-order valence-electron chi connectivity index (χ3n) is 3.18. The van der Waals surface area contributed by atoms with E-state index in [1.54, 1.807) is 18.0 Å². The molecule has 0 aliphatic rings. The molecule has 0 saturated heterocycles. The highest BCUT2D eigenvalue weighted by atomic mass is 79.9. The smallest absolute Gasteiger partial charge is 0.237 e. The fourth-order valence-electron chi connectivity index (χ4n) is 1.94. The fraction of sp³-hybridized carbons (Fsp3) is 0.312. The molecule has 0 unspecified atom stereocenters. The number of aromatic nitrogens is 4. The SMILES string of the molecule is CC(C)(C)c1noc(CSc2nccn2-c2ccc(Br)cc2)n1. The quantitative estimate of drug-likeness (QED) is 0.606. The monoisotopic (exact) mass is 392 g/mol. The molecule has 0 N–H and O–H groups in total. The highest BCUT2D eigenvalue weighted by Gasteiger charge is 2.21. The van der Waals surface area contributed by atoms with Crippen LogP contribution in [0.15, 0.2) is 50.8 Å². The van der Waals surface area contributed by atoms with E-state index in [2.05, 4.69) is 51.8 Å². The van der Waals surface area contributed by atoms with Crippen LogP contribution in [0.5, 0.6) is 0 Å². The van der Waals surface area contributed by atoms with Crippen LogP contribution in [0.1, 0.15) is 32.5 Å². The Bertz CT molecular complexity index is 789. The van der Waals surface area contributed by atoms with Crippen LogP contribution in [-0.4, -0.2) is 19.7 Å². The van der Waals surface area contributed by atoms with Crippen LogP contribution in [0.3, 0.4) is 0 Å². The van der Waals surface area contributed by atoms with Crippen molar-refractivity contribution in [3.63, 3.8) is 0 Å². The van der Waals surface area contributed by atoms with Crippen LogP contribution in [0, 0.1) is 0 Å². The number of nitrogens with zero attached hydrogens (tertiary/aromatic N) is 4. The summed E-state index contributed by atoms with van der Waals surface area (Å²) in [6.07, 6.45) is 3.73. The summed E-state index contributed by atoms with van der Waals surface area (Å²) in [4.78, 5) is 8.86. The highest BCUT2D eigenvalue weighted by Crippen LogP contribution is 2.25. The Morgan fingerprint density at radius 3 is 2.61 bits per heavy atom. The summed E-state index contributed by atoms with van der Waals surface area (Å²) < 4.78 is 8.42. The molecule has 5 nitrogen and oxygen atoms in total. The van der Waals surface area contributed by atoms with Gasteiger partial charge in [0, 0.05) is 28.0 Å². The van der Waals surface area contributed by atoms with Crippen molar-refractivity contribution in [2.24, 2.45) is 0 Å². The van der Waals surface area contributed by atoms with Crippen molar-refractivity contribution < 1.29 is 4.52 Å². The first kappa shape index (κ1) is 16.3. The molecule has 0 fully saturated rings. The maximum atomic E-state index is 5.33. The number of hydrogen-bond acceptors (Lipinski definition) is 5. The van der Waals surface area contributed by atoms with Crippen LogP contribution in [0.4, 0.5) is 0 Å². The lowest BCUT2D eigenvalue weighted by Gasteiger charge is -2.10. The molecule has 3 aromatic rings. The second kappa shape index (κ2) is 6.49. The van der Waals surface area contributed by atoms with E-state index in [9.17, 15) is 0 Å². The zero-order valence-electron chi connectivity index (χ0n) is 13.2. The third kappa shape index (κ3) is 3.84. The van der Waals surface area contributed by atoms with Crippen LogP contribution in [-0.2, 0) is 11.2 Å². The first-order valence-electron chi connectivity index (χ1n) is 7.18. The number of benzene rings is 1. The first-order valence-corrected chi connectivity index (χ1v) is 8.96. The Kier molecular flexibility index (Phi) is 4.59. The minimum atomic E-state index is -0.109. The summed E-state index contributed by atoms with van der Waals surface area (Å²) in [5.74, 6) is 1.94. The normalized spacial score (nSPS) is 11.8. The van der Waals surface area contributed by atoms with Crippen molar-refractivity contribution in [3.8, 4) is 5.69 Å². The molecule has 23 heavy (non-hydrogen) atoms. The maximum Gasteiger partial charge on any atom is 0.237 e. The molecule has 3 rings (SSSR count). The lowest BCUT2D eigenvalue weighted by atomic mass is 9.96. The number of hydrogen-bond donors (Lipinski definition) is 0. The minimum absolute atomic E-state index is 0.109. The molecule has 7 heteroatoms. The van der Waals surface area contributed by atoms with Gasteiger partial charge in [-0.15, -0.1) is 0 Å². The van der Waals surface area contributed by atoms with Crippen molar-refractivity contribution in [1.29, 1.82) is 0 Å². The molecule has 0 aliphatic carbocycles. The Morgan fingerprint density at radius 1 is 1.22 bits per heavy atom. The number of thioether (sulfide) groups is 1. The van der Waals surface area contributed by atoms with Gasteiger partial charge < -0.3 is 4.52 Å². The van der Waals surface area contributed by atoms with Crippen LogP contribution in [0.2, 0.25) is 0 Å². The van der Waals surface area contributed by atoms with Gasteiger partial charge in [0.2, 0.25) is 5.89 Å². The molecular formula is C16H17BrN4OS. The highest BCUT2D eigenvalue weighted by molar-refractivity contribution is 9.10. The van der Waals surface area contributed by atoms with Gasteiger partial charge in [0.05, 0.1) is 5.75 Å². The van der Waals surface area contributed by atoms with Crippen molar-refractivity contribution in [3.05, 3.63) is 52.8 Å². The topological polar surface area (TPSA) is 56.7 Å². The molecular weight excluding hydrogens is 376 g/mol. The van der Waals surface area contributed by atoms with Crippen molar-refractivity contribution in [2.75, 3.05) is 0 Å². The van der Waals surface area contributed by atoms with Gasteiger partial charge in [0.25, 0.3) is 0 Å². The van der Waals surface area contributed by atoms with Gasteiger partial charge in [-0.25, -0.2) is 4.98 Å². The van der Waals surface area contributed by atoms with Crippen LogP contribution >= 0.6 is 27.7 Å². The lowest BCUT2D eigenvalue weighted by Crippen LogP contribution is -2.13. The van der Waals surface area contributed by atoms with E-state index in [0.717, 1.165) is 21.1 Å². The molecule has 0 radical (unpaired) electrons. The number of halogens is 1. The summed E-state index contributed by atoms with van der Waals surface area (Å²) in [6.45, 7) is 6.19. The van der Waals surface area contributed by atoms with Gasteiger partial charge >= 0.3 is 0 Å². The second-order valence-electron chi connectivity index (χ2n) is 6.11. The summed E-state index contributed by atoms with van der Waals surface area (Å²) in [7, 11) is 0. The van der Waals surface area contributed by atoms with E-state index in [0.29, 0.717) is 11.6 Å². The number of imidazole rings is 1. The second-order valence-corrected chi connectivity index (χ2v) is 7.96. The van der Waals surface area contributed by atoms with E-state index in [1.807, 2.05) is 35.0 Å². The molecule has 120 valence electrons. The van der Waals surface area contributed by atoms with E-state index in [4.69, 9.17) is 4.52 Å². The first-order chi connectivity index (χ1) is 10.9. The Balaban J connectivity index is 1.73. The van der Waals surface area contributed by atoms with Crippen molar-refractivity contribution in [2.45, 2.75) is 37.1 Å². The molecule has 0 saturated carbocycles. The summed E-state index contributed by atoms with van der Waals surface area (Å²) in [5, 5.41) is 4.94. The number of rotatable bonds is 4. The molecule has 2 aromatic heterocycles. The Morgan fingerprint density at radius 2 is 1.96 bits per heavy atom. The third-order valence-corrected chi connectivity index (χ3v) is 4.66. The van der Waals surface area contributed by atoms with Crippen molar-refractivity contribution in [1.82, 2.24) is 19.7 Å². The predicted octanol–water partition coefficient (Wildman–Crippen LogP) is 4.61. The molecule has 1 aromatic carbocycles. The average Bonchev–Trinajstić information content (AvgIpc) is 3.14. The average molecular weight is 393 g/mol. The van der Waals surface area contributed by atoms with Crippen LogP contribution < -0.4 is 0 Å². The molecule has 0 aliphatic heterocycles. The van der Waals surface area contributed by atoms with E-state index < -0.39 is 0 Å². The van der Waals surface area contributed by atoms with Gasteiger partial charge in [-0.1, -0.05) is 53.6 Å². The zero-order valence-corrected chi connectivity index (χ0v) is 15.6. The van der Waals surface area contributed by atoms with Gasteiger partial charge in [-0.3, -0.25) is 4.57 Å². The largest absolute Gasteiger partial charge is 0.338 e. The molecule has 0 bridgehead atoms. The van der Waals surface area contributed by atoms with Gasteiger partial charge in [0.15, 0.2) is 11.0 Å². The Hall–Kier alpha value is -1.60.